The van der Waals surface area contributed by atoms with Gasteiger partial charge in [0.2, 0.25) is 0 Å². The summed E-state index contributed by atoms with van der Waals surface area (Å²) in [6, 6.07) is 0.820. The van der Waals surface area contributed by atoms with Crippen LogP contribution in [0.15, 0.2) is 12.4 Å². The summed E-state index contributed by atoms with van der Waals surface area (Å²) in [5, 5.41) is 11.1. The van der Waals surface area contributed by atoms with E-state index >= 15 is 0 Å². The molecule has 4 nitrogen and oxygen atoms in total. The Labute approximate surface area is 72.0 Å². The van der Waals surface area contributed by atoms with Crippen molar-refractivity contribution in [3.05, 3.63) is 12.4 Å². The Kier molecular flexibility index (Phi) is 2.36. The third-order valence-corrected chi connectivity index (χ3v) is 2.05. The first kappa shape index (κ1) is 7.73. The molecule has 0 aromatic carbocycles. The zero-order chi connectivity index (χ0) is 8.23. The van der Waals surface area contributed by atoms with Crippen molar-refractivity contribution in [1.29, 1.82) is 0 Å². The van der Waals surface area contributed by atoms with Gasteiger partial charge in [0.05, 0.1) is 6.20 Å². The molecule has 2 rings (SSSR count). The van der Waals surface area contributed by atoms with E-state index < -0.39 is 0 Å². The van der Waals surface area contributed by atoms with Crippen LogP contribution in [0.1, 0.15) is 19.3 Å². The Morgan fingerprint density at radius 2 is 2.42 bits per heavy atom. The maximum absolute atomic E-state index is 3.89. The zero-order valence-electron chi connectivity index (χ0n) is 7.11. The third kappa shape index (κ3) is 2.30. The number of aryl methyl sites for hydroxylation is 1. The van der Waals surface area contributed by atoms with E-state index in [1.807, 2.05) is 10.9 Å². The molecule has 0 saturated heterocycles. The number of nitrogens with zero attached hydrogens (tertiary/aromatic N) is 3. The van der Waals surface area contributed by atoms with Gasteiger partial charge in [-0.25, -0.2) is 0 Å². The van der Waals surface area contributed by atoms with Crippen LogP contribution >= 0.6 is 0 Å². The molecule has 0 bridgehead atoms. The minimum atomic E-state index is 0.820. The van der Waals surface area contributed by atoms with Gasteiger partial charge in [-0.15, -0.1) is 5.10 Å². The van der Waals surface area contributed by atoms with Gasteiger partial charge in [0, 0.05) is 18.8 Å². The number of aromatic nitrogens is 3. The van der Waals surface area contributed by atoms with Gasteiger partial charge in [0.25, 0.3) is 0 Å². The Morgan fingerprint density at radius 1 is 1.50 bits per heavy atom. The van der Waals surface area contributed by atoms with Gasteiger partial charge in [-0.1, -0.05) is 5.21 Å². The number of hydrogen-bond acceptors (Lipinski definition) is 3. The van der Waals surface area contributed by atoms with E-state index in [0.29, 0.717) is 0 Å². The van der Waals surface area contributed by atoms with Crippen LogP contribution < -0.4 is 5.32 Å². The minimum absolute atomic E-state index is 0.820. The van der Waals surface area contributed by atoms with E-state index in [4.69, 9.17) is 0 Å². The fourth-order valence-electron chi connectivity index (χ4n) is 1.19. The van der Waals surface area contributed by atoms with Gasteiger partial charge in [0.15, 0.2) is 0 Å². The van der Waals surface area contributed by atoms with Gasteiger partial charge in [-0.3, -0.25) is 4.68 Å². The second kappa shape index (κ2) is 3.67. The average Bonchev–Trinajstić information content (AvgIpc) is 2.76. The highest BCUT2D eigenvalue weighted by atomic mass is 15.4. The summed E-state index contributed by atoms with van der Waals surface area (Å²) in [7, 11) is 0. The molecule has 1 aliphatic rings. The minimum Gasteiger partial charge on any atom is -0.314 e. The molecule has 1 heterocycles. The first-order valence-electron chi connectivity index (χ1n) is 4.52. The summed E-state index contributed by atoms with van der Waals surface area (Å²) in [5.41, 5.74) is 0. The fraction of sp³-hybridized carbons (Fsp3) is 0.750. The number of hydrogen-bond donors (Lipinski definition) is 1. The van der Waals surface area contributed by atoms with Crippen LogP contribution in [0.25, 0.3) is 0 Å². The lowest BCUT2D eigenvalue weighted by Gasteiger charge is -2.01. The van der Waals surface area contributed by atoms with Crippen LogP contribution in [-0.2, 0) is 6.54 Å². The van der Waals surface area contributed by atoms with Crippen LogP contribution in [0.2, 0.25) is 0 Å². The smallest absolute Gasteiger partial charge is 0.0692 e. The molecule has 1 saturated carbocycles. The molecule has 0 aliphatic heterocycles. The van der Waals surface area contributed by atoms with E-state index in [9.17, 15) is 0 Å². The van der Waals surface area contributed by atoms with Crippen molar-refractivity contribution in [3.63, 3.8) is 0 Å². The molecule has 0 amide bonds. The van der Waals surface area contributed by atoms with Crippen molar-refractivity contribution in [2.75, 3.05) is 6.54 Å². The Bertz CT molecular complexity index is 215. The van der Waals surface area contributed by atoms with E-state index in [2.05, 4.69) is 15.6 Å². The molecule has 1 fully saturated rings. The molecule has 1 N–H and O–H groups in total. The molecule has 1 aromatic heterocycles. The molecular weight excluding hydrogens is 152 g/mol. The summed E-state index contributed by atoms with van der Waals surface area (Å²) < 4.78 is 1.87. The van der Waals surface area contributed by atoms with E-state index in [1.54, 1.807) is 6.20 Å². The molecular formula is C8H14N4. The van der Waals surface area contributed by atoms with E-state index in [0.717, 1.165) is 25.6 Å². The zero-order valence-corrected chi connectivity index (χ0v) is 7.11. The Morgan fingerprint density at radius 3 is 3.08 bits per heavy atom. The molecule has 12 heavy (non-hydrogen) atoms. The predicted octanol–water partition coefficient (Wildman–Crippen LogP) is 0.420. The standard InChI is InChI=1S/C8H14N4/c1(4-9-8-2-3-8)6-12-7-5-10-11-12/h5,7-9H,1-4,6H2. The maximum atomic E-state index is 3.89. The molecule has 66 valence electrons. The van der Waals surface area contributed by atoms with Gasteiger partial charge < -0.3 is 5.32 Å². The van der Waals surface area contributed by atoms with Crippen LogP contribution in [0.3, 0.4) is 0 Å². The lowest BCUT2D eigenvalue weighted by atomic mass is 10.4. The van der Waals surface area contributed by atoms with Gasteiger partial charge >= 0.3 is 0 Å². The number of nitrogens with one attached hydrogen (secondary N) is 1. The highest BCUT2D eigenvalue weighted by Gasteiger charge is 2.19. The molecule has 1 aromatic rings. The molecule has 0 atom stereocenters. The lowest BCUT2D eigenvalue weighted by molar-refractivity contribution is 0.529. The van der Waals surface area contributed by atoms with Crippen LogP contribution in [0, 0.1) is 0 Å². The summed E-state index contributed by atoms with van der Waals surface area (Å²) in [4.78, 5) is 0. The molecule has 4 heteroatoms. The summed E-state index contributed by atoms with van der Waals surface area (Å²) in [5.74, 6) is 0. The predicted molar refractivity (Wildman–Crippen MR) is 45.7 cm³/mol. The van der Waals surface area contributed by atoms with Crippen LogP contribution in [0.5, 0.6) is 0 Å². The Hall–Kier alpha value is -0.900. The normalized spacial score (nSPS) is 16.7. The Balaban J connectivity index is 1.56. The maximum Gasteiger partial charge on any atom is 0.0692 e. The van der Waals surface area contributed by atoms with Crippen molar-refractivity contribution >= 4 is 0 Å². The molecule has 0 unspecified atom stereocenters. The molecule has 0 spiro atoms. The van der Waals surface area contributed by atoms with Gasteiger partial charge in [-0.05, 0) is 25.8 Å². The van der Waals surface area contributed by atoms with Gasteiger partial charge in [0.1, 0.15) is 0 Å². The number of rotatable bonds is 5. The van der Waals surface area contributed by atoms with Crippen molar-refractivity contribution in [2.45, 2.75) is 31.8 Å². The van der Waals surface area contributed by atoms with Crippen molar-refractivity contribution in [2.24, 2.45) is 0 Å². The van der Waals surface area contributed by atoms with Crippen molar-refractivity contribution in [3.8, 4) is 0 Å². The summed E-state index contributed by atoms with van der Waals surface area (Å²) >= 11 is 0. The van der Waals surface area contributed by atoms with E-state index in [1.165, 1.54) is 12.8 Å². The third-order valence-electron chi connectivity index (χ3n) is 2.05. The second-order valence-corrected chi connectivity index (χ2v) is 3.25. The van der Waals surface area contributed by atoms with Crippen LogP contribution in [0.4, 0.5) is 0 Å². The molecule has 0 radical (unpaired) electrons. The van der Waals surface area contributed by atoms with E-state index in [-0.39, 0.29) is 0 Å². The second-order valence-electron chi connectivity index (χ2n) is 3.25. The first-order chi connectivity index (χ1) is 5.95. The highest BCUT2D eigenvalue weighted by molar-refractivity contribution is 4.80. The largest absolute Gasteiger partial charge is 0.314 e. The van der Waals surface area contributed by atoms with Gasteiger partial charge in [-0.2, -0.15) is 0 Å². The fourth-order valence-corrected chi connectivity index (χ4v) is 1.19. The lowest BCUT2D eigenvalue weighted by Crippen LogP contribution is -2.19. The van der Waals surface area contributed by atoms with Crippen molar-refractivity contribution in [1.82, 2.24) is 20.3 Å². The highest BCUT2D eigenvalue weighted by Crippen LogP contribution is 2.18. The summed E-state index contributed by atoms with van der Waals surface area (Å²) in [6.07, 6.45) is 7.48. The molecule has 1 aliphatic carbocycles. The summed E-state index contributed by atoms with van der Waals surface area (Å²) in [6.45, 7) is 2.07. The van der Waals surface area contributed by atoms with Crippen molar-refractivity contribution < 1.29 is 0 Å². The SMILES string of the molecule is c1cn(CCCNC2CC2)nn1. The quantitative estimate of drug-likeness (QED) is 0.645. The topological polar surface area (TPSA) is 42.7 Å². The van der Waals surface area contributed by atoms with Crippen LogP contribution in [-0.4, -0.2) is 27.6 Å². The average molecular weight is 166 g/mol. The monoisotopic (exact) mass is 166 g/mol. The first-order valence-corrected chi connectivity index (χ1v) is 4.52.